The van der Waals surface area contributed by atoms with Crippen LogP contribution in [0.5, 0.6) is 0 Å². The van der Waals surface area contributed by atoms with Gasteiger partial charge in [-0.2, -0.15) is 0 Å². The van der Waals surface area contributed by atoms with Crippen molar-refractivity contribution in [1.29, 1.82) is 0 Å². The third-order valence-corrected chi connectivity index (χ3v) is 10.4. The summed E-state index contributed by atoms with van der Waals surface area (Å²) in [5.41, 5.74) is 10.7. The number of pyridine rings is 4. The van der Waals surface area contributed by atoms with E-state index in [0.29, 0.717) is 19.0 Å². The maximum absolute atomic E-state index is 11.8. The minimum absolute atomic E-state index is 0.0713. The van der Waals surface area contributed by atoms with Crippen LogP contribution in [0.4, 0.5) is 23.0 Å². The molecule has 0 aliphatic carbocycles. The predicted molar refractivity (Wildman–Crippen MR) is 207 cm³/mol. The van der Waals surface area contributed by atoms with Gasteiger partial charge >= 0.3 is 5.91 Å². The van der Waals surface area contributed by atoms with Crippen LogP contribution in [-0.2, 0) is 31.7 Å². The number of carbonyl (C=O) groups is 1. The molecule has 2 aliphatic heterocycles. The van der Waals surface area contributed by atoms with Gasteiger partial charge in [-0.15, -0.1) is 0 Å². The van der Waals surface area contributed by atoms with Crippen molar-refractivity contribution in [1.82, 2.24) is 49.3 Å². The Morgan fingerprint density at radius 3 is 1.68 bits per heavy atom. The Morgan fingerprint density at radius 2 is 1.25 bits per heavy atom. The quantitative estimate of drug-likeness (QED) is 0.206. The highest BCUT2D eigenvalue weighted by Gasteiger charge is 2.34. The Bertz CT molecular complexity index is 2310. The van der Waals surface area contributed by atoms with Crippen LogP contribution in [0.15, 0.2) is 61.7 Å². The molecule has 2 aliphatic rings. The van der Waals surface area contributed by atoms with Crippen molar-refractivity contribution in [3.8, 4) is 0 Å². The molecule has 1 N–H and O–H groups in total. The third kappa shape index (κ3) is 7.00. The summed E-state index contributed by atoms with van der Waals surface area (Å²) in [6, 6.07) is 8.49. The minimum Gasteiger partial charge on any atom is -0.335 e. The molecule has 2 fully saturated rings. The van der Waals surface area contributed by atoms with Gasteiger partial charge in [0.15, 0.2) is 0 Å². The second-order valence-electron chi connectivity index (χ2n) is 13.7. The van der Waals surface area contributed by atoms with Gasteiger partial charge in [0.05, 0.1) is 59.9 Å². The molecule has 8 heterocycles. The van der Waals surface area contributed by atoms with Gasteiger partial charge < -0.3 is 34.0 Å². The number of anilines is 4. The van der Waals surface area contributed by atoms with Crippen molar-refractivity contribution in [2.45, 2.75) is 38.5 Å². The first-order valence-corrected chi connectivity index (χ1v) is 18.0. The number of amides is 1. The lowest BCUT2D eigenvalue weighted by atomic mass is 9.94. The van der Waals surface area contributed by atoms with Crippen molar-refractivity contribution in [2.75, 3.05) is 56.6 Å². The molecule has 0 bridgehead atoms. The second-order valence-corrected chi connectivity index (χ2v) is 13.7. The number of likely N-dealkylation sites (tertiary alicyclic amines) is 1. The molecular weight excluding hydrogens is 667 g/mol. The number of carbonyl (C=O) groups excluding carboxylic acids is 1. The summed E-state index contributed by atoms with van der Waals surface area (Å²) in [4.78, 5) is 48.0. The number of hydrogen-bond donors (Lipinski definition) is 1. The SMILES string of the molecule is CCc1cc(C2CNC2)ncc1N(C)c1cc2c(cn1)ncn2C.[C-]#[N+]CC(=O)N1CC(c2cc(CC)c(N(C)c3cc4c(cn3)ncn4C)cn2)C1. The Labute approximate surface area is 309 Å². The van der Waals surface area contributed by atoms with Crippen LogP contribution in [0, 0.1) is 6.57 Å². The third-order valence-electron chi connectivity index (χ3n) is 10.4. The molecule has 0 unspecified atom stereocenters. The van der Waals surface area contributed by atoms with E-state index in [4.69, 9.17) is 11.6 Å². The molecule has 0 saturated carbocycles. The average molecular weight is 712 g/mol. The summed E-state index contributed by atoms with van der Waals surface area (Å²) in [6.45, 7) is 14.4. The minimum atomic E-state index is -0.0973. The molecule has 14 nitrogen and oxygen atoms in total. The molecule has 6 aromatic heterocycles. The second kappa shape index (κ2) is 15.0. The summed E-state index contributed by atoms with van der Waals surface area (Å²) >= 11 is 0. The molecule has 53 heavy (non-hydrogen) atoms. The monoisotopic (exact) mass is 711 g/mol. The fourth-order valence-electron chi connectivity index (χ4n) is 6.82. The van der Waals surface area contributed by atoms with Crippen LogP contribution in [0.2, 0.25) is 0 Å². The van der Waals surface area contributed by atoms with E-state index in [1.54, 1.807) is 17.4 Å². The molecule has 0 atom stereocenters. The Kier molecular flexibility index (Phi) is 10.0. The lowest BCUT2D eigenvalue weighted by Crippen LogP contribution is -2.49. The summed E-state index contributed by atoms with van der Waals surface area (Å²) in [7, 11) is 8.01. The number of nitrogens with one attached hydrogen (secondary N) is 1. The Balaban J connectivity index is 0.000000167. The molecule has 6 aromatic rings. The standard InChI is InChI=1S/C21H23N7O.C18H22N6/c1-5-14-6-16(15-11-28(12-15)21(29)10-22-2)23-9-19(14)27(4)20-7-18-17(8-24-20)25-13-26(18)3;1-4-12-5-14(13-7-19-8-13)20-10-17(12)24(3)18-6-16-15(9-21-18)22-11-23(16)2/h6-9,13,15H,5,10-12H2,1,3-4H3;5-6,9-11,13,19H,4,7-8H2,1-3H3. The van der Waals surface area contributed by atoms with Gasteiger partial charge in [0, 0.05) is 89.7 Å². The van der Waals surface area contributed by atoms with Gasteiger partial charge in [-0.05, 0) is 36.1 Å². The van der Waals surface area contributed by atoms with E-state index in [0.717, 1.165) is 76.7 Å². The van der Waals surface area contributed by atoms with Gasteiger partial charge in [-0.3, -0.25) is 14.8 Å². The van der Waals surface area contributed by atoms with E-state index >= 15 is 0 Å². The normalized spacial score (nSPS) is 14.3. The lowest BCUT2D eigenvalue weighted by Gasteiger charge is -2.38. The zero-order valence-electron chi connectivity index (χ0n) is 31.2. The fraction of sp³-hybridized carbons (Fsp3) is 0.385. The van der Waals surface area contributed by atoms with E-state index in [2.05, 4.69) is 76.9 Å². The summed E-state index contributed by atoms with van der Waals surface area (Å²) < 4.78 is 3.99. The number of aryl methyl sites for hydroxylation is 4. The highest BCUT2D eigenvalue weighted by atomic mass is 16.2. The van der Waals surface area contributed by atoms with Gasteiger partial charge in [0.25, 0.3) is 6.54 Å². The number of fused-ring (bicyclic) bond motifs is 2. The van der Waals surface area contributed by atoms with Gasteiger partial charge in [0.1, 0.15) is 22.7 Å². The van der Waals surface area contributed by atoms with Gasteiger partial charge in [-0.25, -0.2) is 26.5 Å². The maximum atomic E-state index is 11.8. The summed E-state index contributed by atoms with van der Waals surface area (Å²) in [6.07, 6.45) is 13.0. The molecule has 14 heteroatoms. The van der Waals surface area contributed by atoms with Gasteiger partial charge in [0.2, 0.25) is 0 Å². The van der Waals surface area contributed by atoms with Crippen molar-refractivity contribution >= 4 is 51.0 Å². The molecule has 2 saturated heterocycles. The van der Waals surface area contributed by atoms with Crippen LogP contribution in [0.3, 0.4) is 0 Å². The van der Waals surface area contributed by atoms with Crippen molar-refractivity contribution in [3.05, 3.63) is 95.6 Å². The van der Waals surface area contributed by atoms with Crippen molar-refractivity contribution in [3.63, 3.8) is 0 Å². The van der Waals surface area contributed by atoms with Crippen molar-refractivity contribution in [2.24, 2.45) is 14.1 Å². The number of hydrogen-bond acceptors (Lipinski definition) is 10. The van der Waals surface area contributed by atoms with Crippen LogP contribution >= 0.6 is 0 Å². The fourth-order valence-corrected chi connectivity index (χ4v) is 6.82. The maximum Gasteiger partial charge on any atom is 0.302 e. The van der Waals surface area contributed by atoms with E-state index in [1.165, 1.54) is 16.8 Å². The Morgan fingerprint density at radius 1 is 0.755 bits per heavy atom. The van der Waals surface area contributed by atoms with Crippen LogP contribution in [-0.4, -0.2) is 96.7 Å². The molecule has 272 valence electrons. The number of imidazole rings is 2. The van der Waals surface area contributed by atoms with E-state index in [1.807, 2.05) is 68.3 Å². The number of nitrogens with zero attached hydrogens (tertiary/aromatic N) is 12. The molecule has 1 amide bonds. The van der Waals surface area contributed by atoms with E-state index in [9.17, 15) is 4.79 Å². The first-order chi connectivity index (χ1) is 25.7. The zero-order valence-corrected chi connectivity index (χ0v) is 31.2. The number of rotatable bonds is 9. The average Bonchev–Trinajstić information content (AvgIpc) is 3.70. The highest BCUT2D eigenvalue weighted by Crippen LogP contribution is 2.33. The number of aromatic nitrogens is 8. The molecule has 0 radical (unpaired) electrons. The molecular formula is C39H45N13O. The highest BCUT2D eigenvalue weighted by molar-refractivity contribution is 5.81. The van der Waals surface area contributed by atoms with Gasteiger partial charge in [-0.1, -0.05) is 13.8 Å². The van der Waals surface area contributed by atoms with Crippen molar-refractivity contribution < 1.29 is 4.79 Å². The van der Waals surface area contributed by atoms with E-state index < -0.39 is 0 Å². The Hall–Kier alpha value is -5.94. The van der Waals surface area contributed by atoms with Crippen LogP contribution in [0.1, 0.15) is 48.2 Å². The summed E-state index contributed by atoms with van der Waals surface area (Å²) in [5, 5.41) is 3.31. The topological polar surface area (TPSA) is 130 Å². The van der Waals surface area contributed by atoms with Crippen LogP contribution in [0.25, 0.3) is 26.9 Å². The molecule has 8 rings (SSSR count). The lowest BCUT2D eigenvalue weighted by molar-refractivity contribution is -0.133. The molecule has 0 spiro atoms. The van der Waals surface area contributed by atoms with Crippen LogP contribution < -0.4 is 15.1 Å². The zero-order chi connectivity index (χ0) is 37.2. The first kappa shape index (κ1) is 35.5. The summed E-state index contributed by atoms with van der Waals surface area (Å²) in [5.74, 6) is 2.43. The predicted octanol–water partition coefficient (Wildman–Crippen LogP) is 4.92. The molecule has 0 aromatic carbocycles. The smallest absolute Gasteiger partial charge is 0.302 e. The first-order valence-electron chi connectivity index (χ1n) is 18.0. The largest absolute Gasteiger partial charge is 0.335 e. The van der Waals surface area contributed by atoms with E-state index in [-0.39, 0.29) is 18.4 Å².